The van der Waals surface area contributed by atoms with Gasteiger partial charge in [-0.2, -0.15) is 5.10 Å². The summed E-state index contributed by atoms with van der Waals surface area (Å²) in [6.07, 6.45) is 7.35. The Morgan fingerprint density at radius 3 is 2.79 bits per heavy atom. The summed E-state index contributed by atoms with van der Waals surface area (Å²) < 4.78 is 0. The summed E-state index contributed by atoms with van der Waals surface area (Å²) in [5.41, 5.74) is 7.60. The van der Waals surface area contributed by atoms with E-state index in [0.29, 0.717) is 0 Å². The summed E-state index contributed by atoms with van der Waals surface area (Å²) in [7, 11) is 4.09. The highest BCUT2D eigenvalue weighted by Crippen LogP contribution is 2.30. The Hall–Kier alpha value is -3.58. The van der Waals surface area contributed by atoms with Crippen molar-refractivity contribution in [1.29, 1.82) is 0 Å². The van der Waals surface area contributed by atoms with Crippen molar-refractivity contribution in [3.8, 4) is 22.6 Å². The Balaban J connectivity index is 1.60. The second kappa shape index (κ2) is 6.54. The molecule has 0 amide bonds. The minimum absolute atomic E-state index is 0.835. The molecule has 5 rings (SSSR count). The van der Waals surface area contributed by atoms with Gasteiger partial charge >= 0.3 is 0 Å². The first-order valence-electron chi connectivity index (χ1n) is 9.04. The van der Waals surface area contributed by atoms with E-state index in [1.165, 1.54) is 0 Å². The average molecular weight is 369 g/mol. The van der Waals surface area contributed by atoms with Crippen LogP contribution in [-0.4, -0.2) is 49.1 Å². The fourth-order valence-electron chi connectivity index (χ4n) is 3.44. The summed E-state index contributed by atoms with van der Waals surface area (Å²) in [5, 5.41) is 8.59. The maximum Gasteiger partial charge on any atom is 0.116 e. The Labute approximate surface area is 161 Å². The van der Waals surface area contributed by atoms with Crippen LogP contribution in [0.5, 0.6) is 0 Å². The number of aromatic nitrogens is 6. The van der Waals surface area contributed by atoms with Crippen LogP contribution < -0.4 is 0 Å². The zero-order chi connectivity index (χ0) is 19.1. The molecule has 0 unspecified atom stereocenters. The lowest BCUT2D eigenvalue weighted by Crippen LogP contribution is -2.10. The number of H-pyrrole nitrogens is 2. The third-order valence-corrected chi connectivity index (χ3v) is 4.68. The molecule has 0 saturated carbocycles. The molecule has 5 aromatic heterocycles. The molecule has 2 N–H and O–H groups in total. The molecular formula is C21H19N7. The SMILES string of the molecule is CN(C)Cc1cncc(-c2cc3c(-c4cc5ncccc5[nH]4)n[nH]c3cn2)c1. The topological polar surface area (TPSA) is 86.4 Å². The van der Waals surface area contributed by atoms with Crippen LogP contribution in [0.4, 0.5) is 0 Å². The fraction of sp³-hybridized carbons (Fsp3) is 0.143. The molecule has 7 heteroatoms. The Morgan fingerprint density at radius 1 is 1.00 bits per heavy atom. The van der Waals surface area contributed by atoms with Crippen LogP contribution in [0.25, 0.3) is 44.6 Å². The van der Waals surface area contributed by atoms with Crippen LogP contribution in [0.3, 0.4) is 0 Å². The van der Waals surface area contributed by atoms with Crippen LogP contribution in [-0.2, 0) is 6.54 Å². The van der Waals surface area contributed by atoms with E-state index in [0.717, 1.165) is 56.7 Å². The van der Waals surface area contributed by atoms with Crippen molar-refractivity contribution in [1.82, 2.24) is 35.0 Å². The fourth-order valence-corrected chi connectivity index (χ4v) is 3.44. The molecule has 0 atom stereocenters. The number of hydrogen-bond acceptors (Lipinski definition) is 5. The molecule has 0 aliphatic carbocycles. The molecule has 5 heterocycles. The number of rotatable bonds is 4. The van der Waals surface area contributed by atoms with Crippen LogP contribution in [0.2, 0.25) is 0 Å². The molecular weight excluding hydrogens is 350 g/mol. The Bertz CT molecular complexity index is 1250. The van der Waals surface area contributed by atoms with E-state index in [1.807, 2.05) is 50.9 Å². The van der Waals surface area contributed by atoms with E-state index in [9.17, 15) is 0 Å². The van der Waals surface area contributed by atoms with Gasteiger partial charge in [-0.25, -0.2) is 0 Å². The van der Waals surface area contributed by atoms with Gasteiger partial charge in [0.05, 0.1) is 34.1 Å². The van der Waals surface area contributed by atoms with Gasteiger partial charge in [0, 0.05) is 36.1 Å². The zero-order valence-corrected chi connectivity index (χ0v) is 15.6. The van der Waals surface area contributed by atoms with Crippen LogP contribution >= 0.6 is 0 Å². The van der Waals surface area contributed by atoms with Gasteiger partial charge in [-0.05, 0) is 50.0 Å². The lowest BCUT2D eigenvalue weighted by atomic mass is 10.1. The van der Waals surface area contributed by atoms with Gasteiger partial charge in [-0.1, -0.05) is 0 Å². The van der Waals surface area contributed by atoms with Crippen molar-refractivity contribution in [2.45, 2.75) is 6.54 Å². The van der Waals surface area contributed by atoms with Crippen molar-refractivity contribution in [3.05, 3.63) is 60.7 Å². The number of aromatic amines is 2. The molecule has 0 aromatic carbocycles. The second-order valence-electron chi connectivity index (χ2n) is 7.13. The van der Waals surface area contributed by atoms with Crippen molar-refractivity contribution >= 4 is 21.9 Å². The number of nitrogens with zero attached hydrogens (tertiary/aromatic N) is 5. The number of hydrogen-bond donors (Lipinski definition) is 2. The van der Waals surface area contributed by atoms with Gasteiger partial charge in [0.25, 0.3) is 0 Å². The molecule has 7 nitrogen and oxygen atoms in total. The van der Waals surface area contributed by atoms with E-state index in [1.54, 1.807) is 6.20 Å². The van der Waals surface area contributed by atoms with E-state index in [2.05, 4.69) is 47.2 Å². The minimum Gasteiger partial charge on any atom is -0.352 e. The van der Waals surface area contributed by atoms with Gasteiger partial charge in [0.2, 0.25) is 0 Å². The molecule has 0 spiro atoms. The molecule has 0 aliphatic heterocycles. The summed E-state index contributed by atoms with van der Waals surface area (Å²) >= 11 is 0. The van der Waals surface area contributed by atoms with Gasteiger partial charge in [-0.15, -0.1) is 0 Å². The van der Waals surface area contributed by atoms with Crippen LogP contribution in [0.15, 0.2) is 55.1 Å². The van der Waals surface area contributed by atoms with E-state index >= 15 is 0 Å². The molecule has 0 radical (unpaired) electrons. The summed E-state index contributed by atoms with van der Waals surface area (Å²) in [5.74, 6) is 0. The standard InChI is InChI=1S/C21H19N7/c1-28(2)12-13-6-14(10-22-9-13)17-7-15-20(11-24-17)26-27-21(15)19-8-18-16(25-19)4-3-5-23-18/h3-11,25H,12H2,1-2H3,(H,26,27). The Morgan fingerprint density at radius 2 is 1.93 bits per heavy atom. The monoisotopic (exact) mass is 369 g/mol. The smallest absolute Gasteiger partial charge is 0.116 e. The highest BCUT2D eigenvalue weighted by Gasteiger charge is 2.13. The normalized spacial score (nSPS) is 11.7. The molecule has 5 aromatic rings. The second-order valence-corrected chi connectivity index (χ2v) is 7.13. The lowest BCUT2D eigenvalue weighted by Gasteiger charge is -2.10. The molecule has 138 valence electrons. The molecule has 0 fully saturated rings. The van der Waals surface area contributed by atoms with Gasteiger partial charge in [-0.3, -0.25) is 20.1 Å². The van der Waals surface area contributed by atoms with Gasteiger partial charge in [0.1, 0.15) is 5.69 Å². The highest BCUT2D eigenvalue weighted by molar-refractivity contribution is 5.96. The number of fused-ring (bicyclic) bond motifs is 2. The predicted molar refractivity (Wildman–Crippen MR) is 110 cm³/mol. The average Bonchev–Trinajstić information content (AvgIpc) is 3.30. The molecule has 0 bridgehead atoms. The lowest BCUT2D eigenvalue weighted by molar-refractivity contribution is 0.402. The first-order valence-corrected chi connectivity index (χ1v) is 9.04. The zero-order valence-electron chi connectivity index (χ0n) is 15.6. The maximum absolute atomic E-state index is 4.60. The van der Waals surface area contributed by atoms with Gasteiger partial charge < -0.3 is 9.88 Å². The summed E-state index contributed by atoms with van der Waals surface area (Å²) in [6.45, 7) is 0.835. The number of nitrogens with one attached hydrogen (secondary N) is 2. The predicted octanol–water partition coefficient (Wildman–Crippen LogP) is 3.62. The van der Waals surface area contributed by atoms with Crippen molar-refractivity contribution in [3.63, 3.8) is 0 Å². The molecule has 0 aliphatic rings. The maximum atomic E-state index is 4.60. The summed E-state index contributed by atoms with van der Waals surface area (Å²) in [4.78, 5) is 18.9. The van der Waals surface area contributed by atoms with Crippen LogP contribution in [0, 0.1) is 0 Å². The van der Waals surface area contributed by atoms with Crippen LogP contribution in [0.1, 0.15) is 5.56 Å². The highest BCUT2D eigenvalue weighted by atomic mass is 15.1. The Kier molecular flexibility index (Phi) is 3.87. The largest absolute Gasteiger partial charge is 0.352 e. The number of pyridine rings is 3. The van der Waals surface area contributed by atoms with E-state index in [4.69, 9.17) is 0 Å². The van der Waals surface area contributed by atoms with Gasteiger partial charge in [0.15, 0.2) is 0 Å². The van der Waals surface area contributed by atoms with E-state index < -0.39 is 0 Å². The molecule has 28 heavy (non-hydrogen) atoms. The summed E-state index contributed by atoms with van der Waals surface area (Å²) in [6, 6.07) is 10.1. The van der Waals surface area contributed by atoms with Crippen molar-refractivity contribution in [2.75, 3.05) is 14.1 Å². The third-order valence-electron chi connectivity index (χ3n) is 4.68. The first-order chi connectivity index (χ1) is 13.7. The van der Waals surface area contributed by atoms with Crippen molar-refractivity contribution < 1.29 is 0 Å². The van der Waals surface area contributed by atoms with E-state index in [-0.39, 0.29) is 0 Å². The first kappa shape index (κ1) is 16.6. The minimum atomic E-state index is 0.835. The quantitative estimate of drug-likeness (QED) is 0.505. The third kappa shape index (κ3) is 2.91. The molecule has 0 saturated heterocycles. The van der Waals surface area contributed by atoms with Crippen molar-refractivity contribution in [2.24, 2.45) is 0 Å².